The lowest BCUT2D eigenvalue weighted by Crippen LogP contribution is -2.21. The number of carboxylic acid groups (broad SMARTS) is 1. The SMILES string of the molecule is CC(C)C(C(=O)O)c1ccc2c(c1)NC(=O)CS2. The Bertz CT molecular complexity index is 499. The number of hydrogen-bond acceptors (Lipinski definition) is 3. The summed E-state index contributed by atoms with van der Waals surface area (Å²) in [5.74, 6) is -0.994. The second-order valence-corrected chi connectivity index (χ2v) is 5.67. The molecule has 1 unspecified atom stereocenters. The molecule has 2 N–H and O–H groups in total. The predicted molar refractivity (Wildman–Crippen MR) is 71.0 cm³/mol. The van der Waals surface area contributed by atoms with Crippen molar-refractivity contribution in [1.82, 2.24) is 0 Å². The van der Waals surface area contributed by atoms with Gasteiger partial charge in [0.1, 0.15) is 0 Å². The highest BCUT2D eigenvalue weighted by Crippen LogP contribution is 2.35. The van der Waals surface area contributed by atoms with E-state index in [0.29, 0.717) is 5.75 Å². The highest BCUT2D eigenvalue weighted by atomic mass is 32.2. The summed E-state index contributed by atoms with van der Waals surface area (Å²) in [6.45, 7) is 3.76. The van der Waals surface area contributed by atoms with Crippen molar-refractivity contribution in [1.29, 1.82) is 0 Å². The van der Waals surface area contributed by atoms with Crippen LogP contribution in [0.3, 0.4) is 0 Å². The molecule has 0 fully saturated rings. The molecular formula is C13H15NO3S. The number of nitrogens with one attached hydrogen (secondary N) is 1. The number of rotatable bonds is 3. The van der Waals surface area contributed by atoms with Crippen molar-refractivity contribution in [3.63, 3.8) is 0 Å². The van der Waals surface area contributed by atoms with Crippen LogP contribution < -0.4 is 5.32 Å². The van der Waals surface area contributed by atoms with Gasteiger partial charge >= 0.3 is 5.97 Å². The minimum Gasteiger partial charge on any atom is -0.481 e. The van der Waals surface area contributed by atoms with E-state index < -0.39 is 11.9 Å². The third kappa shape index (κ3) is 2.51. The largest absolute Gasteiger partial charge is 0.481 e. The zero-order valence-electron chi connectivity index (χ0n) is 10.3. The normalized spacial score (nSPS) is 16.1. The van der Waals surface area contributed by atoms with Crippen molar-refractivity contribution in [2.45, 2.75) is 24.7 Å². The number of carbonyl (C=O) groups excluding carboxylic acids is 1. The number of hydrogen-bond donors (Lipinski definition) is 2. The Morgan fingerprint density at radius 1 is 1.44 bits per heavy atom. The van der Waals surface area contributed by atoms with Crippen LogP contribution in [0.25, 0.3) is 0 Å². The zero-order valence-corrected chi connectivity index (χ0v) is 11.1. The van der Waals surface area contributed by atoms with Gasteiger partial charge in [-0.15, -0.1) is 11.8 Å². The van der Waals surface area contributed by atoms with Crippen molar-refractivity contribution in [3.8, 4) is 0 Å². The predicted octanol–water partition coefficient (Wildman–Crippen LogP) is 2.56. The van der Waals surface area contributed by atoms with Crippen molar-refractivity contribution in [2.24, 2.45) is 5.92 Å². The Kier molecular flexibility index (Phi) is 3.61. The Labute approximate surface area is 110 Å². The first-order chi connectivity index (χ1) is 8.49. The molecule has 0 aromatic heterocycles. The van der Waals surface area contributed by atoms with Crippen LogP contribution in [-0.4, -0.2) is 22.7 Å². The van der Waals surface area contributed by atoms with Crippen LogP contribution in [0, 0.1) is 5.92 Å². The maximum atomic E-state index is 11.3. The molecule has 0 saturated heterocycles. The lowest BCUT2D eigenvalue weighted by atomic mass is 9.88. The van der Waals surface area contributed by atoms with E-state index in [2.05, 4.69) is 5.32 Å². The summed E-state index contributed by atoms with van der Waals surface area (Å²) >= 11 is 1.47. The molecule has 2 rings (SSSR count). The Hall–Kier alpha value is -1.49. The van der Waals surface area contributed by atoms with Gasteiger partial charge in [-0.25, -0.2) is 0 Å². The topological polar surface area (TPSA) is 66.4 Å². The summed E-state index contributed by atoms with van der Waals surface area (Å²) in [7, 11) is 0. The van der Waals surface area contributed by atoms with Crippen molar-refractivity contribution < 1.29 is 14.7 Å². The number of carbonyl (C=O) groups is 2. The minimum absolute atomic E-state index is 0.00694. The summed E-state index contributed by atoms with van der Waals surface area (Å²) in [5.41, 5.74) is 1.46. The van der Waals surface area contributed by atoms with E-state index in [1.807, 2.05) is 26.0 Å². The lowest BCUT2D eigenvalue weighted by molar-refractivity contribution is -0.139. The summed E-state index contributed by atoms with van der Waals surface area (Å²) in [6, 6.07) is 5.49. The molecule has 5 heteroatoms. The van der Waals surface area contributed by atoms with Crippen LogP contribution in [0.15, 0.2) is 23.1 Å². The number of benzene rings is 1. The molecule has 18 heavy (non-hydrogen) atoms. The van der Waals surface area contributed by atoms with Gasteiger partial charge in [-0.1, -0.05) is 19.9 Å². The number of anilines is 1. The third-order valence-electron chi connectivity index (χ3n) is 2.93. The fourth-order valence-corrected chi connectivity index (χ4v) is 2.90. The molecule has 1 amide bonds. The maximum absolute atomic E-state index is 11.3. The Morgan fingerprint density at radius 2 is 2.17 bits per heavy atom. The van der Waals surface area contributed by atoms with Crippen LogP contribution in [0.2, 0.25) is 0 Å². The first-order valence-corrected chi connectivity index (χ1v) is 6.77. The van der Waals surface area contributed by atoms with Crippen LogP contribution >= 0.6 is 11.8 Å². The van der Waals surface area contributed by atoms with E-state index in [4.69, 9.17) is 0 Å². The van der Waals surface area contributed by atoms with E-state index in [-0.39, 0.29) is 11.8 Å². The average molecular weight is 265 g/mol. The number of thioether (sulfide) groups is 1. The molecular weight excluding hydrogens is 250 g/mol. The van der Waals surface area contributed by atoms with E-state index in [1.54, 1.807) is 6.07 Å². The molecule has 0 saturated carbocycles. The molecule has 1 heterocycles. The van der Waals surface area contributed by atoms with Gasteiger partial charge in [-0.05, 0) is 23.6 Å². The summed E-state index contributed by atoms with van der Waals surface area (Å²) in [6.07, 6.45) is 0. The second kappa shape index (κ2) is 5.02. The van der Waals surface area contributed by atoms with Crippen molar-refractivity contribution in [2.75, 3.05) is 11.1 Å². The van der Waals surface area contributed by atoms with Gasteiger partial charge in [0.25, 0.3) is 0 Å². The van der Waals surface area contributed by atoms with E-state index in [9.17, 15) is 14.7 Å². The molecule has 1 aromatic rings. The molecule has 96 valence electrons. The third-order valence-corrected chi connectivity index (χ3v) is 4.00. The number of aliphatic carboxylic acids is 1. The van der Waals surface area contributed by atoms with Crippen LogP contribution in [-0.2, 0) is 9.59 Å². The second-order valence-electron chi connectivity index (χ2n) is 4.65. The monoisotopic (exact) mass is 265 g/mol. The summed E-state index contributed by atoms with van der Waals surface area (Å²) in [4.78, 5) is 23.6. The smallest absolute Gasteiger partial charge is 0.311 e. The van der Waals surface area contributed by atoms with Crippen molar-refractivity contribution in [3.05, 3.63) is 23.8 Å². The zero-order chi connectivity index (χ0) is 13.3. The fourth-order valence-electron chi connectivity index (χ4n) is 2.11. The van der Waals surface area contributed by atoms with Crippen LogP contribution in [0.1, 0.15) is 25.3 Å². The van der Waals surface area contributed by atoms with Gasteiger partial charge in [0.15, 0.2) is 0 Å². The van der Waals surface area contributed by atoms with E-state index in [1.165, 1.54) is 11.8 Å². The van der Waals surface area contributed by atoms with E-state index in [0.717, 1.165) is 16.1 Å². The van der Waals surface area contributed by atoms with Gasteiger partial charge in [0, 0.05) is 4.90 Å². The molecule has 1 aliphatic rings. The fraction of sp³-hybridized carbons (Fsp3) is 0.385. The first kappa shape index (κ1) is 13.0. The van der Waals surface area contributed by atoms with Gasteiger partial charge in [-0.3, -0.25) is 9.59 Å². The highest BCUT2D eigenvalue weighted by molar-refractivity contribution is 8.00. The molecule has 1 atom stereocenters. The average Bonchev–Trinajstić information content (AvgIpc) is 2.27. The Balaban J connectivity index is 2.38. The minimum atomic E-state index is -0.834. The molecule has 0 spiro atoms. The van der Waals surface area contributed by atoms with Gasteiger partial charge < -0.3 is 10.4 Å². The quantitative estimate of drug-likeness (QED) is 0.881. The van der Waals surface area contributed by atoms with Gasteiger partial charge in [-0.2, -0.15) is 0 Å². The molecule has 1 aliphatic heterocycles. The molecule has 0 aliphatic carbocycles. The van der Waals surface area contributed by atoms with Crippen LogP contribution in [0.4, 0.5) is 5.69 Å². The number of fused-ring (bicyclic) bond motifs is 1. The van der Waals surface area contributed by atoms with Crippen LogP contribution in [0.5, 0.6) is 0 Å². The van der Waals surface area contributed by atoms with Crippen molar-refractivity contribution >= 4 is 29.3 Å². The molecule has 0 radical (unpaired) electrons. The van der Waals surface area contributed by atoms with E-state index >= 15 is 0 Å². The lowest BCUT2D eigenvalue weighted by Gasteiger charge is -2.21. The molecule has 0 bridgehead atoms. The highest BCUT2D eigenvalue weighted by Gasteiger charge is 2.25. The summed E-state index contributed by atoms with van der Waals surface area (Å²) in [5, 5.41) is 12.0. The molecule has 4 nitrogen and oxygen atoms in total. The standard InChI is InChI=1S/C13H15NO3S/c1-7(2)12(13(16)17)8-3-4-10-9(5-8)14-11(15)6-18-10/h3-5,7,12H,6H2,1-2H3,(H,14,15)(H,16,17). The Morgan fingerprint density at radius 3 is 2.78 bits per heavy atom. The van der Waals surface area contributed by atoms with Gasteiger partial charge in [0.2, 0.25) is 5.91 Å². The maximum Gasteiger partial charge on any atom is 0.311 e. The molecule has 1 aromatic carbocycles. The number of carboxylic acids is 1. The summed E-state index contributed by atoms with van der Waals surface area (Å²) < 4.78 is 0. The number of amides is 1. The van der Waals surface area contributed by atoms with Gasteiger partial charge in [0.05, 0.1) is 17.4 Å². The first-order valence-electron chi connectivity index (χ1n) is 5.78.